The summed E-state index contributed by atoms with van der Waals surface area (Å²) in [5.74, 6) is 0. The van der Waals surface area contributed by atoms with Gasteiger partial charge >= 0.3 is 0 Å². The zero-order valence-corrected chi connectivity index (χ0v) is 7.80. The molecule has 0 spiro atoms. The Morgan fingerprint density at radius 3 is 3.14 bits per heavy atom. The summed E-state index contributed by atoms with van der Waals surface area (Å²) in [6.07, 6.45) is 7.49. The van der Waals surface area contributed by atoms with Crippen LogP contribution in [0.25, 0.3) is 11.2 Å². The third-order valence-electron chi connectivity index (χ3n) is 2.00. The Hall–Kier alpha value is -1.68. The maximum absolute atomic E-state index is 5.36. The molecule has 0 saturated heterocycles. The Balaban J connectivity index is 2.29. The number of allylic oxidation sites excluding steroid dienone is 1. The van der Waals surface area contributed by atoms with Crippen molar-refractivity contribution >= 4 is 11.2 Å². The van der Waals surface area contributed by atoms with Crippen LogP contribution in [0.15, 0.2) is 36.8 Å². The quantitative estimate of drug-likeness (QED) is 0.729. The van der Waals surface area contributed by atoms with Gasteiger partial charge in [-0.05, 0) is 12.1 Å². The Kier molecular flexibility index (Phi) is 2.55. The predicted molar refractivity (Wildman–Crippen MR) is 55.7 cm³/mol. The van der Waals surface area contributed by atoms with Gasteiger partial charge < -0.3 is 10.3 Å². The van der Waals surface area contributed by atoms with E-state index in [0.717, 1.165) is 17.7 Å². The highest BCUT2D eigenvalue weighted by Gasteiger charge is 1.99. The van der Waals surface area contributed by atoms with E-state index in [-0.39, 0.29) is 0 Å². The molecule has 2 aromatic heterocycles. The first-order valence-corrected chi connectivity index (χ1v) is 4.53. The van der Waals surface area contributed by atoms with Crippen LogP contribution in [-0.4, -0.2) is 21.1 Å². The van der Waals surface area contributed by atoms with Crippen molar-refractivity contribution in [1.29, 1.82) is 0 Å². The number of aromatic nitrogens is 3. The molecule has 72 valence electrons. The van der Waals surface area contributed by atoms with E-state index in [1.54, 1.807) is 12.5 Å². The van der Waals surface area contributed by atoms with Gasteiger partial charge in [0.25, 0.3) is 0 Å². The van der Waals surface area contributed by atoms with Crippen LogP contribution in [0.2, 0.25) is 0 Å². The molecule has 0 radical (unpaired) electrons. The lowest BCUT2D eigenvalue weighted by Gasteiger charge is -1.97. The Morgan fingerprint density at radius 2 is 2.29 bits per heavy atom. The van der Waals surface area contributed by atoms with E-state index in [1.165, 1.54) is 0 Å². The highest BCUT2D eigenvalue weighted by atomic mass is 15.1. The number of fused-ring (bicyclic) bond motifs is 1. The van der Waals surface area contributed by atoms with Crippen LogP contribution in [0, 0.1) is 0 Å². The monoisotopic (exact) mass is 188 g/mol. The van der Waals surface area contributed by atoms with E-state index in [0.29, 0.717) is 6.54 Å². The zero-order chi connectivity index (χ0) is 9.80. The lowest BCUT2D eigenvalue weighted by molar-refractivity contribution is 0.847. The molecule has 2 rings (SSSR count). The van der Waals surface area contributed by atoms with Crippen molar-refractivity contribution in [2.45, 2.75) is 6.54 Å². The average Bonchev–Trinajstić information content (AvgIpc) is 2.63. The molecule has 0 aliphatic carbocycles. The van der Waals surface area contributed by atoms with Gasteiger partial charge in [0.2, 0.25) is 0 Å². The van der Waals surface area contributed by atoms with Gasteiger partial charge in [0.1, 0.15) is 0 Å². The molecule has 0 fully saturated rings. The minimum Gasteiger partial charge on any atom is -0.327 e. The van der Waals surface area contributed by atoms with Crippen molar-refractivity contribution in [3.8, 4) is 0 Å². The molecule has 0 aromatic carbocycles. The summed E-state index contributed by atoms with van der Waals surface area (Å²) in [5.41, 5.74) is 7.19. The molecule has 0 aliphatic heterocycles. The van der Waals surface area contributed by atoms with E-state index in [9.17, 15) is 0 Å². The van der Waals surface area contributed by atoms with Crippen molar-refractivity contribution in [1.82, 2.24) is 14.5 Å². The molecule has 2 aromatic rings. The first-order valence-electron chi connectivity index (χ1n) is 4.53. The number of pyridine rings is 1. The van der Waals surface area contributed by atoms with Crippen LogP contribution in [0.5, 0.6) is 0 Å². The third-order valence-corrected chi connectivity index (χ3v) is 2.00. The second-order valence-corrected chi connectivity index (χ2v) is 2.95. The summed E-state index contributed by atoms with van der Waals surface area (Å²) < 4.78 is 2.04. The summed E-state index contributed by atoms with van der Waals surface area (Å²) in [6, 6.07) is 3.92. The minimum absolute atomic E-state index is 0.574. The Bertz CT molecular complexity index is 444. The molecular weight excluding hydrogens is 176 g/mol. The number of nitrogens with zero attached hydrogens (tertiary/aromatic N) is 3. The number of imidazole rings is 1. The Labute approximate surface area is 82.1 Å². The van der Waals surface area contributed by atoms with Gasteiger partial charge in [0, 0.05) is 19.3 Å². The molecule has 0 aliphatic rings. The van der Waals surface area contributed by atoms with E-state index < -0.39 is 0 Å². The molecular formula is C10H12N4. The smallest absolute Gasteiger partial charge is 0.177 e. The molecule has 14 heavy (non-hydrogen) atoms. The van der Waals surface area contributed by atoms with Gasteiger partial charge in [-0.3, -0.25) is 0 Å². The van der Waals surface area contributed by atoms with Gasteiger partial charge in [0.05, 0.1) is 11.8 Å². The SMILES string of the molecule is NC/C=C/Cn1cnc2ncccc21. The number of hydrogen-bond donors (Lipinski definition) is 1. The van der Waals surface area contributed by atoms with Crippen LogP contribution in [0.1, 0.15) is 0 Å². The third kappa shape index (κ3) is 1.65. The van der Waals surface area contributed by atoms with Crippen molar-refractivity contribution < 1.29 is 0 Å². The second kappa shape index (κ2) is 4.02. The van der Waals surface area contributed by atoms with Crippen LogP contribution in [0.4, 0.5) is 0 Å². The molecule has 0 unspecified atom stereocenters. The summed E-state index contributed by atoms with van der Waals surface area (Å²) in [6.45, 7) is 1.37. The zero-order valence-electron chi connectivity index (χ0n) is 7.80. The second-order valence-electron chi connectivity index (χ2n) is 2.95. The number of hydrogen-bond acceptors (Lipinski definition) is 3. The van der Waals surface area contributed by atoms with Gasteiger partial charge in [-0.1, -0.05) is 12.2 Å². The topological polar surface area (TPSA) is 56.7 Å². The van der Waals surface area contributed by atoms with Crippen LogP contribution in [0.3, 0.4) is 0 Å². The molecule has 4 nitrogen and oxygen atoms in total. The Morgan fingerprint density at radius 1 is 1.36 bits per heavy atom. The number of rotatable bonds is 3. The summed E-state index contributed by atoms with van der Waals surface area (Å²) in [7, 11) is 0. The molecule has 0 amide bonds. The number of nitrogens with two attached hydrogens (primary N) is 1. The molecule has 2 heterocycles. The highest BCUT2D eigenvalue weighted by Crippen LogP contribution is 2.08. The van der Waals surface area contributed by atoms with Crippen molar-refractivity contribution in [2.24, 2.45) is 5.73 Å². The normalized spacial score (nSPS) is 11.5. The van der Waals surface area contributed by atoms with Crippen molar-refractivity contribution in [3.05, 3.63) is 36.8 Å². The van der Waals surface area contributed by atoms with E-state index in [4.69, 9.17) is 5.73 Å². The molecule has 0 atom stereocenters. The first-order chi connectivity index (χ1) is 6.92. The average molecular weight is 188 g/mol. The summed E-state index contributed by atoms with van der Waals surface area (Å²) >= 11 is 0. The highest BCUT2D eigenvalue weighted by molar-refractivity contribution is 5.70. The van der Waals surface area contributed by atoms with Crippen molar-refractivity contribution in [3.63, 3.8) is 0 Å². The molecule has 2 N–H and O–H groups in total. The molecule has 0 bridgehead atoms. The minimum atomic E-state index is 0.574. The van der Waals surface area contributed by atoms with Gasteiger partial charge in [0.15, 0.2) is 5.65 Å². The summed E-state index contributed by atoms with van der Waals surface area (Å²) in [4.78, 5) is 8.33. The standard InChI is InChI=1S/C10H12N4/c11-5-1-2-7-14-8-13-10-9(14)4-3-6-12-10/h1-4,6,8H,5,7,11H2/b2-1+. The fraction of sp³-hybridized carbons (Fsp3) is 0.200. The van der Waals surface area contributed by atoms with Crippen LogP contribution >= 0.6 is 0 Å². The van der Waals surface area contributed by atoms with Gasteiger partial charge in [-0.15, -0.1) is 0 Å². The molecule has 4 heteroatoms. The van der Waals surface area contributed by atoms with Crippen molar-refractivity contribution in [2.75, 3.05) is 6.54 Å². The fourth-order valence-corrected chi connectivity index (χ4v) is 1.33. The lowest BCUT2D eigenvalue weighted by atomic mass is 10.4. The van der Waals surface area contributed by atoms with E-state index in [1.807, 2.05) is 28.9 Å². The van der Waals surface area contributed by atoms with Crippen LogP contribution in [-0.2, 0) is 6.54 Å². The fourth-order valence-electron chi connectivity index (χ4n) is 1.33. The lowest BCUT2D eigenvalue weighted by Crippen LogP contribution is -1.96. The van der Waals surface area contributed by atoms with E-state index in [2.05, 4.69) is 9.97 Å². The predicted octanol–water partition coefficient (Wildman–Crippen LogP) is 0.946. The maximum atomic E-state index is 5.36. The first kappa shape index (κ1) is 8.90. The summed E-state index contributed by atoms with van der Waals surface area (Å²) in [5, 5.41) is 0. The van der Waals surface area contributed by atoms with E-state index >= 15 is 0 Å². The van der Waals surface area contributed by atoms with Gasteiger partial charge in [-0.2, -0.15) is 0 Å². The maximum Gasteiger partial charge on any atom is 0.177 e. The largest absolute Gasteiger partial charge is 0.327 e. The van der Waals surface area contributed by atoms with Gasteiger partial charge in [-0.25, -0.2) is 9.97 Å². The molecule has 0 saturated carbocycles. The van der Waals surface area contributed by atoms with Crippen LogP contribution < -0.4 is 5.73 Å².